The molecular formula is C16H16FN3O3. The summed E-state index contributed by atoms with van der Waals surface area (Å²) in [5, 5.41) is 14.2. The number of aliphatic carboxylic acids is 1. The molecule has 0 aliphatic heterocycles. The predicted octanol–water partition coefficient (Wildman–Crippen LogP) is 2.64. The lowest BCUT2D eigenvalue weighted by Crippen LogP contribution is -2.13. The number of rotatable bonds is 7. The van der Waals surface area contributed by atoms with Crippen molar-refractivity contribution in [2.45, 2.75) is 19.4 Å². The molecule has 120 valence electrons. The summed E-state index contributed by atoms with van der Waals surface area (Å²) in [4.78, 5) is 26.0. The Bertz CT molecular complexity index is 672. The molecular weight excluding hydrogens is 301 g/mol. The zero-order valence-electron chi connectivity index (χ0n) is 12.3. The number of halogens is 1. The number of carboxylic acids is 1. The number of amides is 1. The van der Waals surface area contributed by atoms with Crippen molar-refractivity contribution in [3.8, 4) is 0 Å². The van der Waals surface area contributed by atoms with Crippen LogP contribution in [0.3, 0.4) is 0 Å². The van der Waals surface area contributed by atoms with Gasteiger partial charge in [-0.25, -0.2) is 9.37 Å². The summed E-state index contributed by atoms with van der Waals surface area (Å²) < 4.78 is 12.8. The topological polar surface area (TPSA) is 91.3 Å². The van der Waals surface area contributed by atoms with Gasteiger partial charge in [0.05, 0.1) is 18.3 Å². The number of aromatic nitrogens is 1. The van der Waals surface area contributed by atoms with Crippen molar-refractivity contribution in [1.82, 2.24) is 4.98 Å². The number of hydrogen-bond acceptors (Lipinski definition) is 4. The van der Waals surface area contributed by atoms with Gasteiger partial charge in [-0.15, -0.1) is 0 Å². The SMILES string of the molecule is O=C(O)CCC(=O)Nc1ccc(NCc2ccc(F)cc2)nc1. The first-order valence-corrected chi connectivity index (χ1v) is 6.99. The molecule has 6 nitrogen and oxygen atoms in total. The molecule has 0 saturated heterocycles. The summed E-state index contributed by atoms with van der Waals surface area (Å²) in [7, 11) is 0. The van der Waals surface area contributed by atoms with Crippen molar-refractivity contribution in [3.63, 3.8) is 0 Å². The second-order valence-corrected chi connectivity index (χ2v) is 4.85. The summed E-state index contributed by atoms with van der Waals surface area (Å²) in [6.07, 6.45) is 1.18. The number of carbonyl (C=O) groups is 2. The molecule has 0 unspecified atom stereocenters. The van der Waals surface area contributed by atoms with E-state index >= 15 is 0 Å². The highest BCUT2D eigenvalue weighted by molar-refractivity contribution is 5.92. The molecule has 0 saturated carbocycles. The number of benzene rings is 1. The second kappa shape index (κ2) is 7.88. The summed E-state index contributed by atoms with van der Waals surface area (Å²) >= 11 is 0. The van der Waals surface area contributed by atoms with E-state index in [-0.39, 0.29) is 24.6 Å². The number of carbonyl (C=O) groups excluding carboxylic acids is 1. The molecule has 2 aromatic rings. The Kier molecular flexibility index (Phi) is 5.62. The van der Waals surface area contributed by atoms with Crippen molar-refractivity contribution in [2.24, 2.45) is 0 Å². The Labute approximate surface area is 132 Å². The number of nitrogens with zero attached hydrogens (tertiary/aromatic N) is 1. The van der Waals surface area contributed by atoms with E-state index in [1.54, 1.807) is 24.3 Å². The molecule has 23 heavy (non-hydrogen) atoms. The van der Waals surface area contributed by atoms with E-state index in [1.807, 2.05) is 0 Å². The molecule has 1 heterocycles. The number of nitrogens with one attached hydrogen (secondary N) is 2. The molecule has 1 amide bonds. The number of hydrogen-bond donors (Lipinski definition) is 3. The van der Waals surface area contributed by atoms with Crippen molar-refractivity contribution in [3.05, 3.63) is 54.0 Å². The predicted molar refractivity (Wildman–Crippen MR) is 83.5 cm³/mol. The smallest absolute Gasteiger partial charge is 0.303 e. The Hall–Kier alpha value is -2.96. The van der Waals surface area contributed by atoms with Gasteiger partial charge in [0.2, 0.25) is 5.91 Å². The highest BCUT2D eigenvalue weighted by atomic mass is 19.1. The molecule has 7 heteroatoms. The molecule has 1 aromatic carbocycles. The van der Waals surface area contributed by atoms with Crippen LogP contribution in [0.25, 0.3) is 0 Å². The van der Waals surface area contributed by atoms with Crippen LogP contribution in [0.15, 0.2) is 42.6 Å². The molecule has 0 atom stereocenters. The summed E-state index contributed by atoms with van der Waals surface area (Å²) in [5.41, 5.74) is 1.41. The van der Waals surface area contributed by atoms with Crippen LogP contribution in [0.4, 0.5) is 15.9 Å². The van der Waals surface area contributed by atoms with Crippen LogP contribution in [-0.2, 0) is 16.1 Å². The van der Waals surface area contributed by atoms with Crippen LogP contribution in [-0.4, -0.2) is 22.0 Å². The zero-order valence-corrected chi connectivity index (χ0v) is 12.3. The van der Waals surface area contributed by atoms with Gasteiger partial charge < -0.3 is 15.7 Å². The van der Waals surface area contributed by atoms with Gasteiger partial charge in [0.25, 0.3) is 0 Å². The van der Waals surface area contributed by atoms with Gasteiger partial charge in [-0.3, -0.25) is 9.59 Å². The van der Waals surface area contributed by atoms with Gasteiger partial charge in [0.15, 0.2) is 0 Å². The maximum Gasteiger partial charge on any atom is 0.303 e. The van der Waals surface area contributed by atoms with Crippen LogP contribution in [0, 0.1) is 5.82 Å². The van der Waals surface area contributed by atoms with Gasteiger partial charge in [0, 0.05) is 13.0 Å². The fraction of sp³-hybridized carbons (Fsp3) is 0.188. The first-order valence-electron chi connectivity index (χ1n) is 6.99. The minimum Gasteiger partial charge on any atom is -0.481 e. The summed E-state index contributed by atoms with van der Waals surface area (Å²) in [6.45, 7) is 0.498. The first-order chi connectivity index (χ1) is 11.0. The number of pyridine rings is 1. The fourth-order valence-corrected chi connectivity index (χ4v) is 1.81. The monoisotopic (exact) mass is 317 g/mol. The Balaban J connectivity index is 1.83. The lowest BCUT2D eigenvalue weighted by Gasteiger charge is -2.08. The molecule has 0 aliphatic carbocycles. The van der Waals surface area contributed by atoms with Crippen molar-refractivity contribution < 1.29 is 19.1 Å². The maximum atomic E-state index is 12.8. The highest BCUT2D eigenvalue weighted by Crippen LogP contribution is 2.12. The number of anilines is 2. The van der Waals surface area contributed by atoms with Gasteiger partial charge in [-0.1, -0.05) is 12.1 Å². The van der Waals surface area contributed by atoms with Crippen LogP contribution in [0.5, 0.6) is 0 Å². The van der Waals surface area contributed by atoms with Crippen LogP contribution < -0.4 is 10.6 Å². The van der Waals surface area contributed by atoms with Crippen molar-refractivity contribution in [2.75, 3.05) is 10.6 Å². The van der Waals surface area contributed by atoms with E-state index in [0.29, 0.717) is 18.1 Å². The molecule has 3 N–H and O–H groups in total. The maximum absolute atomic E-state index is 12.8. The van der Waals surface area contributed by atoms with E-state index < -0.39 is 5.97 Å². The molecule has 0 bridgehead atoms. The Morgan fingerprint density at radius 2 is 1.83 bits per heavy atom. The average Bonchev–Trinajstić information content (AvgIpc) is 2.54. The van der Waals surface area contributed by atoms with Gasteiger partial charge in [-0.2, -0.15) is 0 Å². The standard InChI is InChI=1S/C16H16FN3O3/c17-12-3-1-11(2-4-12)9-18-14-6-5-13(10-19-14)20-15(21)7-8-16(22)23/h1-6,10H,7-9H2,(H,18,19)(H,20,21)(H,22,23). The third kappa shape index (κ3) is 5.74. The summed E-state index contributed by atoms with van der Waals surface area (Å²) in [6, 6.07) is 9.49. The molecule has 1 aromatic heterocycles. The van der Waals surface area contributed by atoms with Crippen LogP contribution >= 0.6 is 0 Å². The largest absolute Gasteiger partial charge is 0.481 e. The third-order valence-corrected chi connectivity index (χ3v) is 3.00. The lowest BCUT2D eigenvalue weighted by atomic mass is 10.2. The van der Waals surface area contributed by atoms with Gasteiger partial charge >= 0.3 is 5.97 Å². The van der Waals surface area contributed by atoms with E-state index in [1.165, 1.54) is 18.3 Å². The van der Waals surface area contributed by atoms with E-state index in [0.717, 1.165) is 5.56 Å². The number of carboxylic acid groups (broad SMARTS) is 1. The van der Waals surface area contributed by atoms with Crippen molar-refractivity contribution in [1.29, 1.82) is 0 Å². The highest BCUT2D eigenvalue weighted by Gasteiger charge is 2.06. The minimum absolute atomic E-state index is 0.0834. The molecule has 0 spiro atoms. The quantitative estimate of drug-likeness (QED) is 0.730. The normalized spacial score (nSPS) is 10.1. The lowest BCUT2D eigenvalue weighted by molar-refractivity contribution is -0.138. The van der Waals surface area contributed by atoms with Gasteiger partial charge in [0.1, 0.15) is 11.6 Å². The Morgan fingerprint density at radius 3 is 2.43 bits per heavy atom. The van der Waals surface area contributed by atoms with E-state index in [9.17, 15) is 14.0 Å². The molecule has 2 rings (SSSR count). The Morgan fingerprint density at radius 1 is 1.09 bits per heavy atom. The van der Waals surface area contributed by atoms with Gasteiger partial charge in [-0.05, 0) is 29.8 Å². The van der Waals surface area contributed by atoms with Crippen molar-refractivity contribution >= 4 is 23.4 Å². The van der Waals surface area contributed by atoms with E-state index in [2.05, 4.69) is 15.6 Å². The molecule has 0 radical (unpaired) electrons. The minimum atomic E-state index is -1.02. The molecule has 0 aliphatic rings. The van der Waals surface area contributed by atoms with E-state index in [4.69, 9.17) is 5.11 Å². The van der Waals surface area contributed by atoms with Crippen LogP contribution in [0.2, 0.25) is 0 Å². The average molecular weight is 317 g/mol. The molecule has 0 fully saturated rings. The zero-order chi connectivity index (χ0) is 16.7. The first kappa shape index (κ1) is 16.4. The summed E-state index contributed by atoms with van der Waals surface area (Å²) in [5.74, 6) is -1.06. The second-order valence-electron chi connectivity index (χ2n) is 4.85. The van der Waals surface area contributed by atoms with Crippen LogP contribution in [0.1, 0.15) is 18.4 Å². The fourth-order valence-electron chi connectivity index (χ4n) is 1.81. The third-order valence-electron chi connectivity index (χ3n) is 3.00.